The Morgan fingerprint density at radius 2 is 1.46 bits per heavy atom. The highest BCUT2D eigenvalue weighted by Crippen LogP contribution is 2.51. The van der Waals surface area contributed by atoms with Gasteiger partial charge in [0.1, 0.15) is 17.6 Å². The van der Waals surface area contributed by atoms with Crippen molar-refractivity contribution in [2.75, 3.05) is 12.4 Å². The minimum absolute atomic E-state index is 0.273. The third-order valence-corrected chi connectivity index (χ3v) is 7.57. The van der Waals surface area contributed by atoms with Gasteiger partial charge in [0.25, 0.3) is 0 Å². The first kappa shape index (κ1) is 27.9. The number of halogens is 2. The minimum Gasteiger partial charge on any atom is -0.497 e. The van der Waals surface area contributed by atoms with E-state index in [-0.39, 0.29) is 11.5 Å². The molecule has 208 valence electrons. The lowest BCUT2D eigenvalue weighted by atomic mass is 9.76. The lowest BCUT2D eigenvalue weighted by molar-refractivity contribution is -0.142. The molecule has 0 spiro atoms. The predicted octanol–water partition coefficient (Wildman–Crippen LogP) is 6.81. The summed E-state index contributed by atoms with van der Waals surface area (Å²) in [5.74, 6) is -3.42. The molecule has 1 aliphatic heterocycles. The van der Waals surface area contributed by atoms with Gasteiger partial charge in [0.15, 0.2) is 5.78 Å². The van der Waals surface area contributed by atoms with Gasteiger partial charge < -0.3 is 20.1 Å². The topological polar surface area (TPSA) is 95.9 Å². The van der Waals surface area contributed by atoms with Gasteiger partial charge in [-0.1, -0.05) is 66.2 Å². The molecule has 41 heavy (non-hydrogen) atoms. The van der Waals surface area contributed by atoms with Gasteiger partial charge in [-0.2, -0.15) is 0 Å². The number of hydrogen-bond donors (Lipinski definition) is 2. The Labute approximate surface area is 241 Å². The molecule has 0 radical (unpaired) electrons. The third-order valence-electron chi connectivity index (χ3n) is 7.32. The Morgan fingerprint density at radius 3 is 2.05 bits per heavy atom. The smallest absolute Gasteiger partial charge is 0.327 e. The molecule has 2 N–H and O–H groups in total. The fourth-order valence-electron chi connectivity index (χ4n) is 5.50. The van der Waals surface area contributed by atoms with Crippen LogP contribution >= 0.6 is 11.6 Å². The number of rotatable bonds is 7. The first-order valence-electron chi connectivity index (χ1n) is 12.8. The molecule has 1 fully saturated rings. The van der Waals surface area contributed by atoms with Gasteiger partial charge in [-0.3, -0.25) is 4.79 Å². The summed E-state index contributed by atoms with van der Waals surface area (Å²) in [5, 5.41) is 13.8. The molecule has 1 heterocycles. The number of ether oxygens (including phenoxy) is 1. The molecule has 7 nitrogen and oxygen atoms in total. The van der Waals surface area contributed by atoms with Crippen LogP contribution in [-0.2, 0) is 4.79 Å². The molecule has 4 atom stereocenters. The summed E-state index contributed by atoms with van der Waals surface area (Å²) in [7, 11) is 1.52. The zero-order chi connectivity index (χ0) is 29.1. The molecule has 2 amide bonds. The number of likely N-dealkylation sites (tertiary alicyclic amines) is 1. The van der Waals surface area contributed by atoms with E-state index < -0.39 is 41.7 Å². The number of nitrogens with one attached hydrogen (secondary N) is 1. The monoisotopic (exact) mass is 572 g/mol. The summed E-state index contributed by atoms with van der Waals surface area (Å²) in [6.45, 7) is 0. The first-order valence-corrected chi connectivity index (χ1v) is 13.2. The normalized spacial score (nSPS) is 19.9. The Bertz CT molecular complexity index is 1550. The molecule has 0 aliphatic carbocycles. The van der Waals surface area contributed by atoms with Crippen LogP contribution in [0.5, 0.6) is 5.75 Å². The lowest BCUT2D eigenvalue weighted by Gasteiger charge is -2.30. The van der Waals surface area contributed by atoms with Crippen LogP contribution in [0.3, 0.4) is 0 Å². The number of carbonyl (C=O) groups excluding carboxylic acids is 2. The molecule has 0 saturated carbocycles. The number of methoxy groups -OCH3 is 1. The van der Waals surface area contributed by atoms with Gasteiger partial charge in [0.05, 0.1) is 19.1 Å². The fourth-order valence-corrected chi connectivity index (χ4v) is 5.63. The van der Waals surface area contributed by atoms with E-state index in [1.54, 1.807) is 78.9 Å². The number of amides is 2. The first-order chi connectivity index (χ1) is 19.8. The maximum Gasteiger partial charge on any atom is 0.327 e. The molecule has 4 aromatic carbocycles. The number of benzene rings is 4. The molecule has 0 bridgehead atoms. The highest BCUT2D eigenvalue weighted by molar-refractivity contribution is 6.30. The van der Waals surface area contributed by atoms with E-state index in [0.29, 0.717) is 27.5 Å². The van der Waals surface area contributed by atoms with Gasteiger partial charge in [0, 0.05) is 22.2 Å². The van der Waals surface area contributed by atoms with Crippen LogP contribution in [0.15, 0.2) is 103 Å². The van der Waals surface area contributed by atoms with Crippen molar-refractivity contribution in [3.8, 4) is 5.75 Å². The molecule has 1 saturated heterocycles. The van der Waals surface area contributed by atoms with E-state index in [1.807, 2.05) is 0 Å². The summed E-state index contributed by atoms with van der Waals surface area (Å²) >= 11 is 6.15. The van der Waals surface area contributed by atoms with Gasteiger partial charge in [-0.25, -0.2) is 14.0 Å². The van der Waals surface area contributed by atoms with Crippen molar-refractivity contribution in [3.05, 3.63) is 131 Å². The van der Waals surface area contributed by atoms with E-state index in [9.17, 15) is 23.9 Å². The van der Waals surface area contributed by atoms with E-state index in [1.165, 1.54) is 36.3 Å². The molecule has 9 heteroatoms. The molecule has 4 aromatic rings. The standard InChI is InChI=1S/C32H26ClFN2O5/c1-41-25-17-9-20(10-18-25)28-27(30(37)21-5-3-2-4-6-21)26(19-7-11-22(33)12-8-19)29(31(38)39)36(28)32(40)35-24-15-13-23(34)14-16-24/h2-18,26-29H,1H3,(H,35,40)(H,38,39). The summed E-state index contributed by atoms with van der Waals surface area (Å²) in [6, 6.07) is 24.0. The number of ketones is 1. The van der Waals surface area contributed by atoms with Gasteiger partial charge in [-0.05, 0) is 59.7 Å². The average Bonchev–Trinajstić information content (AvgIpc) is 3.35. The van der Waals surface area contributed by atoms with E-state index >= 15 is 0 Å². The number of anilines is 1. The number of carboxylic acid groups (broad SMARTS) is 1. The van der Waals surface area contributed by atoms with Crippen LogP contribution < -0.4 is 10.1 Å². The number of Topliss-reactive ketones (excluding diaryl/α,β-unsaturated/α-hetero) is 1. The molecular formula is C32H26ClFN2O5. The van der Waals surface area contributed by atoms with Crippen molar-refractivity contribution in [3.63, 3.8) is 0 Å². The van der Waals surface area contributed by atoms with Crippen LogP contribution in [0.2, 0.25) is 5.02 Å². The second kappa shape index (κ2) is 11.8. The molecule has 4 unspecified atom stereocenters. The Hall–Kier alpha value is -4.69. The maximum atomic E-state index is 14.3. The van der Waals surface area contributed by atoms with Crippen molar-refractivity contribution >= 4 is 35.1 Å². The molecule has 0 aromatic heterocycles. The second-order valence-electron chi connectivity index (χ2n) is 9.68. The summed E-state index contributed by atoms with van der Waals surface area (Å²) in [5.41, 5.74) is 1.76. The highest BCUT2D eigenvalue weighted by atomic mass is 35.5. The quantitative estimate of drug-likeness (QED) is 0.237. The number of carbonyl (C=O) groups is 3. The molecule has 5 rings (SSSR count). The number of hydrogen-bond acceptors (Lipinski definition) is 4. The second-order valence-corrected chi connectivity index (χ2v) is 10.1. The number of aliphatic carboxylic acids is 1. The van der Waals surface area contributed by atoms with E-state index in [4.69, 9.17) is 16.3 Å². The summed E-state index contributed by atoms with van der Waals surface area (Å²) < 4.78 is 18.9. The van der Waals surface area contributed by atoms with Gasteiger partial charge >= 0.3 is 12.0 Å². The zero-order valence-corrected chi connectivity index (χ0v) is 22.7. The Balaban J connectivity index is 1.71. The largest absolute Gasteiger partial charge is 0.497 e. The third kappa shape index (κ3) is 5.64. The van der Waals surface area contributed by atoms with E-state index in [2.05, 4.69) is 5.32 Å². The summed E-state index contributed by atoms with van der Waals surface area (Å²) in [4.78, 5) is 42.5. The minimum atomic E-state index is -1.43. The van der Waals surface area contributed by atoms with Crippen molar-refractivity contribution in [2.45, 2.75) is 18.0 Å². The zero-order valence-electron chi connectivity index (χ0n) is 21.9. The predicted molar refractivity (Wildman–Crippen MR) is 153 cm³/mol. The van der Waals surface area contributed by atoms with Crippen LogP contribution in [0.1, 0.15) is 33.4 Å². The van der Waals surface area contributed by atoms with Gasteiger partial charge in [-0.15, -0.1) is 0 Å². The number of nitrogens with zero attached hydrogens (tertiary/aromatic N) is 1. The average molecular weight is 573 g/mol. The highest BCUT2D eigenvalue weighted by Gasteiger charge is 2.57. The Morgan fingerprint density at radius 1 is 0.854 bits per heavy atom. The van der Waals surface area contributed by atoms with E-state index in [0.717, 1.165) is 0 Å². The SMILES string of the molecule is COc1ccc(C2C(C(=O)c3ccccc3)C(c3ccc(Cl)cc3)C(C(=O)O)N2C(=O)Nc2ccc(F)cc2)cc1. The van der Waals surface area contributed by atoms with Crippen LogP contribution in [-0.4, -0.2) is 40.9 Å². The number of carboxylic acids is 1. The van der Waals surface area contributed by atoms with Crippen LogP contribution in [0, 0.1) is 11.7 Å². The fraction of sp³-hybridized carbons (Fsp3) is 0.156. The number of urea groups is 1. The molecular weight excluding hydrogens is 547 g/mol. The molecule has 1 aliphatic rings. The van der Waals surface area contributed by atoms with Crippen molar-refractivity contribution in [1.29, 1.82) is 0 Å². The van der Waals surface area contributed by atoms with Crippen molar-refractivity contribution in [1.82, 2.24) is 4.90 Å². The Kier molecular flexibility index (Phi) is 8.03. The lowest BCUT2D eigenvalue weighted by Crippen LogP contribution is -2.45. The van der Waals surface area contributed by atoms with Crippen LogP contribution in [0.4, 0.5) is 14.9 Å². The van der Waals surface area contributed by atoms with Crippen molar-refractivity contribution < 1.29 is 28.6 Å². The van der Waals surface area contributed by atoms with Gasteiger partial charge in [0.2, 0.25) is 0 Å². The van der Waals surface area contributed by atoms with Crippen molar-refractivity contribution in [2.24, 2.45) is 5.92 Å². The summed E-state index contributed by atoms with van der Waals surface area (Å²) in [6.07, 6.45) is 0. The maximum absolute atomic E-state index is 14.3. The van der Waals surface area contributed by atoms with Crippen LogP contribution in [0.25, 0.3) is 0 Å².